The van der Waals surface area contributed by atoms with Crippen LogP contribution >= 0.6 is 0 Å². The van der Waals surface area contributed by atoms with Crippen LogP contribution in [0, 0.1) is 12.8 Å². The van der Waals surface area contributed by atoms with Crippen LogP contribution in [0.1, 0.15) is 54.9 Å². The molecule has 1 aliphatic rings. The lowest BCUT2D eigenvalue weighted by Gasteiger charge is -2.29. The Bertz CT molecular complexity index is 470. The van der Waals surface area contributed by atoms with E-state index in [0.717, 1.165) is 35.6 Å². The highest BCUT2D eigenvalue weighted by molar-refractivity contribution is 5.99. The van der Waals surface area contributed by atoms with Gasteiger partial charge in [0.05, 0.1) is 5.56 Å². The Labute approximate surface area is 122 Å². The third-order valence-electron chi connectivity index (χ3n) is 4.38. The van der Waals surface area contributed by atoms with Gasteiger partial charge in [-0.05, 0) is 43.4 Å². The molecule has 0 heterocycles. The summed E-state index contributed by atoms with van der Waals surface area (Å²) < 4.78 is 0. The largest absolute Gasteiger partial charge is 0.387 e. The van der Waals surface area contributed by atoms with Crippen molar-refractivity contribution < 1.29 is 4.79 Å². The monoisotopic (exact) mass is 274 g/mol. The van der Waals surface area contributed by atoms with Gasteiger partial charge < -0.3 is 10.6 Å². The zero-order chi connectivity index (χ0) is 14.5. The average molecular weight is 274 g/mol. The molecule has 1 saturated carbocycles. The third-order valence-corrected chi connectivity index (χ3v) is 4.38. The van der Waals surface area contributed by atoms with Crippen molar-refractivity contribution in [3.63, 3.8) is 0 Å². The van der Waals surface area contributed by atoms with Crippen LogP contribution in [-0.4, -0.2) is 19.0 Å². The van der Waals surface area contributed by atoms with Crippen LogP contribution in [0.3, 0.4) is 0 Å². The number of hydrogen-bond acceptors (Lipinski definition) is 2. The summed E-state index contributed by atoms with van der Waals surface area (Å²) in [5.41, 5.74) is 2.82. The number of rotatable bonds is 4. The molecule has 0 spiro atoms. The minimum atomic E-state index is 0.0519. The van der Waals surface area contributed by atoms with E-state index in [1.165, 1.54) is 19.3 Å². The number of benzene rings is 1. The van der Waals surface area contributed by atoms with Crippen molar-refractivity contribution in [2.45, 2.75) is 52.0 Å². The fourth-order valence-corrected chi connectivity index (χ4v) is 3.12. The molecule has 1 fully saturated rings. The number of hydrogen-bond donors (Lipinski definition) is 2. The first kappa shape index (κ1) is 14.9. The molecule has 2 unspecified atom stereocenters. The smallest absolute Gasteiger partial charge is 0.253 e. The topological polar surface area (TPSA) is 41.1 Å². The van der Waals surface area contributed by atoms with Crippen LogP contribution in [-0.2, 0) is 0 Å². The molecule has 2 rings (SSSR count). The van der Waals surface area contributed by atoms with Gasteiger partial charge in [-0.15, -0.1) is 0 Å². The quantitative estimate of drug-likeness (QED) is 0.878. The summed E-state index contributed by atoms with van der Waals surface area (Å²) in [4.78, 5) is 12.4. The van der Waals surface area contributed by atoms with Gasteiger partial charge in [0.25, 0.3) is 5.91 Å². The SMILES string of the molecule is CCC1CCCC(NC(=O)c2ccc(C)cc2NC)C1. The third kappa shape index (κ3) is 3.53. The maximum Gasteiger partial charge on any atom is 0.253 e. The van der Waals surface area contributed by atoms with Crippen molar-refractivity contribution in [1.82, 2.24) is 5.32 Å². The summed E-state index contributed by atoms with van der Waals surface area (Å²) in [7, 11) is 1.86. The van der Waals surface area contributed by atoms with Crippen molar-refractivity contribution in [3.8, 4) is 0 Å². The van der Waals surface area contributed by atoms with Crippen LogP contribution in [0.4, 0.5) is 5.69 Å². The molecule has 2 N–H and O–H groups in total. The molecular weight excluding hydrogens is 248 g/mol. The standard InChI is InChI=1S/C17H26N2O/c1-4-13-6-5-7-14(11-13)19-17(20)15-9-8-12(2)10-16(15)18-3/h8-10,13-14,18H,4-7,11H2,1-3H3,(H,19,20). The van der Waals surface area contributed by atoms with Gasteiger partial charge in [-0.25, -0.2) is 0 Å². The number of nitrogens with one attached hydrogen (secondary N) is 2. The van der Waals surface area contributed by atoms with Gasteiger partial charge in [0.2, 0.25) is 0 Å². The summed E-state index contributed by atoms with van der Waals surface area (Å²) in [6.07, 6.45) is 6.01. The molecule has 3 nitrogen and oxygen atoms in total. The second-order valence-electron chi connectivity index (χ2n) is 5.91. The molecule has 1 aliphatic carbocycles. The zero-order valence-corrected chi connectivity index (χ0v) is 12.8. The lowest BCUT2D eigenvalue weighted by atomic mass is 9.84. The van der Waals surface area contributed by atoms with Gasteiger partial charge in [-0.3, -0.25) is 4.79 Å². The first-order valence-electron chi connectivity index (χ1n) is 7.73. The van der Waals surface area contributed by atoms with E-state index >= 15 is 0 Å². The number of anilines is 1. The summed E-state index contributed by atoms with van der Waals surface area (Å²) in [5, 5.41) is 6.33. The second-order valence-corrected chi connectivity index (χ2v) is 5.91. The predicted molar refractivity (Wildman–Crippen MR) is 84.2 cm³/mol. The zero-order valence-electron chi connectivity index (χ0n) is 12.8. The van der Waals surface area contributed by atoms with Crippen molar-refractivity contribution in [1.29, 1.82) is 0 Å². The van der Waals surface area contributed by atoms with Crippen LogP contribution in [0.2, 0.25) is 0 Å². The first-order valence-corrected chi connectivity index (χ1v) is 7.73. The van der Waals surface area contributed by atoms with Crippen LogP contribution in [0.25, 0.3) is 0 Å². The van der Waals surface area contributed by atoms with E-state index in [9.17, 15) is 4.79 Å². The first-order chi connectivity index (χ1) is 9.63. The lowest BCUT2D eigenvalue weighted by molar-refractivity contribution is 0.0920. The predicted octanol–water partition coefficient (Wildman–Crippen LogP) is 3.74. The Morgan fingerprint density at radius 1 is 1.35 bits per heavy atom. The lowest BCUT2D eigenvalue weighted by Crippen LogP contribution is -2.38. The summed E-state index contributed by atoms with van der Waals surface area (Å²) in [6, 6.07) is 6.26. The molecule has 1 amide bonds. The Morgan fingerprint density at radius 3 is 2.85 bits per heavy atom. The van der Waals surface area contributed by atoms with E-state index in [2.05, 4.69) is 17.6 Å². The normalized spacial score (nSPS) is 22.4. The highest BCUT2D eigenvalue weighted by Crippen LogP contribution is 2.27. The van der Waals surface area contributed by atoms with Gasteiger partial charge >= 0.3 is 0 Å². The molecule has 0 radical (unpaired) electrons. The Morgan fingerprint density at radius 2 is 2.15 bits per heavy atom. The number of aryl methyl sites for hydroxylation is 1. The number of carbonyl (C=O) groups excluding carboxylic acids is 1. The minimum Gasteiger partial charge on any atom is -0.387 e. The van der Waals surface area contributed by atoms with Gasteiger partial charge in [-0.2, -0.15) is 0 Å². The average Bonchev–Trinajstić information content (AvgIpc) is 2.47. The molecule has 1 aromatic carbocycles. The van der Waals surface area contributed by atoms with E-state index in [0.29, 0.717) is 6.04 Å². The second kappa shape index (κ2) is 6.78. The molecule has 0 aliphatic heterocycles. The molecule has 0 aromatic heterocycles. The molecule has 110 valence electrons. The van der Waals surface area contributed by atoms with Crippen molar-refractivity contribution in [2.75, 3.05) is 12.4 Å². The molecule has 0 bridgehead atoms. The van der Waals surface area contributed by atoms with Gasteiger partial charge in [0, 0.05) is 18.8 Å². The highest BCUT2D eigenvalue weighted by Gasteiger charge is 2.23. The van der Waals surface area contributed by atoms with Gasteiger partial charge in [-0.1, -0.05) is 32.3 Å². The molecule has 2 atom stereocenters. The molecule has 20 heavy (non-hydrogen) atoms. The van der Waals surface area contributed by atoms with Crippen molar-refractivity contribution >= 4 is 11.6 Å². The molecule has 1 aromatic rings. The summed E-state index contributed by atoms with van der Waals surface area (Å²) in [5.74, 6) is 0.826. The highest BCUT2D eigenvalue weighted by atomic mass is 16.1. The summed E-state index contributed by atoms with van der Waals surface area (Å²) >= 11 is 0. The van der Waals surface area contributed by atoms with E-state index in [1.807, 2.05) is 32.2 Å². The maximum absolute atomic E-state index is 12.4. The summed E-state index contributed by atoms with van der Waals surface area (Å²) in [6.45, 7) is 4.28. The Kier molecular flexibility index (Phi) is 5.05. The fourth-order valence-electron chi connectivity index (χ4n) is 3.12. The van der Waals surface area contributed by atoms with E-state index < -0.39 is 0 Å². The van der Waals surface area contributed by atoms with Crippen LogP contribution < -0.4 is 10.6 Å². The molecule has 3 heteroatoms. The Hall–Kier alpha value is -1.51. The minimum absolute atomic E-state index is 0.0519. The molecular formula is C17H26N2O. The van der Waals surface area contributed by atoms with E-state index in [-0.39, 0.29) is 5.91 Å². The number of carbonyl (C=O) groups is 1. The van der Waals surface area contributed by atoms with E-state index in [4.69, 9.17) is 0 Å². The van der Waals surface area contributed by atoms with Crippen LogP contribution in [0.15, 0.2) is 18.2 Å². The van der Waals surface area contributed by atoms with Crippen molar-refractivity contribution in [2.24, 2.45) is 5.92 Å². The van der Waals surface area contributed by atoms with E-state index in [1.54, 1.807) is 0 Å². The fraction of sp³-hybridized carbons (Fsp3) is 0.588. The van der Waals surface area contributed by atoms with Gasteiger partial charge in [0.15, 0.2) is 0 Å². The van der Waals surface area contributed by atoms with Crippen LogP contribution in [0.5, 0.6) is 0 Å². The Balaban J connectivity index is 2.04. The molecule has 0 saturated heterocycles. The number of amides is 1. The maximum atomic E-state index is 12.4. The van der Waals surface area contributed by atoms with Crippen molar-refractivity contribution in [3.05, 3.63) is 29.3 Å². The van der Waals surface area contributed by atoms with Gasteiger partial charge in [0.1, 0.15) is 0 Å².